The Morgan fingerprint density at radius 1 is 1.06 bits per heavy atom. The molecule has 4 rings (SSSR count). The molecule has 0 aliphatic carbocycles. The highest BCUT2D eigenvalue weighted by molar-refractivity contribution is 6.09. The van der Waals surface area contributed by atoms with Gasteiger partial charge in [0.1, 0.15) is 23.9 Å². The fourth-order valence-corrected chi connectivity index (χ4v) is 4.23. The number of hydrogen-bond donors (Lipinski definition) is 2. The maximum absolute atomic E-state index is 13.4. The predicted octanol–water partition coefficient (Wildman–Crippen LogP) is 4.46. The first kappa shape index (κ1) is 23.6. The zero-order chi connectivity index (χ0) is 24.2. The average molecular weight is 461 g/mol. The number of methoxy groups -OCH3 is 1. The van der Waals surface area contributed by atoms with E-state index in [1.54, 1.807) is 24.9 Å². The van der Waals surface area contributed by atoms with Gasteiger partial charge in [0.15, 0.2) is 0 Å². The molecule has 7 heteroatoms. The summed E-state index contributed by atoms with van der Waals surface area (Å²) in [7, 11) is 3.42. The van der Waals surface area contributed by atoms with E-state index in [0.29, 0.717) is 36.0 Å². The number of nitrogens with two attached hydrogens (primary N) is 1. The Labute approximate surface area is 199 Å². The third kappa shape index (κ3) is 4.99. The number of nitrogens with zero attached hydrogens (tertiary/aromatic N) is 2. The van der Waals surface area contributed by atoms with Crippen LogP contribution in [0.4, 0.5) is 5.82 Å². The zero-order valence-corrected chi connectivity index (χ0v) is 20.2. The van der Waals surface area contributed by atoms with E-state index in [0.717, 1.165) is 34.0 Å². The van der Waals surface area contributed by atoms with Gasteiger partial charge in [-0.1, -0.05) is 26.0 Å². The molecule has 7 nitrogen and oxygen atoms in total. The van der Waals surface area contributed by atoms with Gasteiger partial charge in [-0.15, -0.1) is 0 Å². The number of fused-ring (bicyclic) bond motifs is 3. The summed E-state index contributed by atoms with van der Waals surface area (Å²) in [6.07, 6.45) is 2.63. The summed E-state index contributed by atoms with van der Waals surface area (Å²) < 4.78 is 12.8. The number of rotatable bonds is 9. The number of pyridine rings is 2. The highest BCUT2D eigenvalue weighted by Crippen LogP contribution is 2.29. The summed E-state index contributed by atoms with van der Waals surface area (Å²) in [5.74, 6) is 2.59. The second-order valence-corrected chi connectivity index (χ2v) is 9.03. The van der Waals surface area contributed by atoms with Gasteiger partial charge in [-0.05, 0) is 48.2 Å². The monoisotopic (exact) mass is 460 g/mol. The summed E-state index contributed by atoms with van der Waals surface area (Å²) >= 11 is 0. The van der Waals surface area contributed by atoms with Crippen LogP contribution < -0.4 is 26.1 Å². The molecular formula is C27H32N4O3. The van der Waals surface area contributed by atoms with E-state index in [2.05, 4.69) is 24.1 Å². The van der Waals surface area contributed by atoms with Crippen LogP contribution in [0.1, 0.15) is 25.8 Å². The Hall–Kier alpha value is -3.58. The highest BCUT2D eigenvalue weighted by Gasteiger charge is 2.14. The van der Waals surface area contributed by atoms with E-state index in [-0.39, 0.29) is 11.6 Å². The van der Waals surface area contributed by atoms with E-state index in [1.165, 1.54) is 0 Å². The van der Waals surface area contributed by atoms with Crippen molar-refractivity contribution < 1.29 is 9.47 Å². The molecule has 34 heavy (non-hydrogen) atoms. The number of aryl methyl sites for hydroxylation is 1. The van der Waals surface area contributed by atoms with Gasteiger partial charge < -0.3 is 25.1 Å². The smallest absolute Gasteiger partial charge is 0.262 e. The Bertz CT molecular complexity index is 1350. The van der Waals surface area contributed by atoms with Crippen LogP contribution in [0.15, 0.2) is 59.5 Å². The van der Waals surface area contributed by atoms with Crippen LogP contribution in [0.25, 0.3) is 21.7 Å². The molecule has 1 atom stereocenters. The minimum Gasteiger partial charge on any atom is -0.497 e. The molecule has 4 aromatic rings. The van der Waals surface area contributed by atoms with Crippen LogP contribution in [0.3, 0.4) is 0 Å². The van der Waals surface area contributed by atoms with Gasteiger partial charge in [0.25, 0.3) is 5.56 Å². The van der Waals surface area contributed by atoms with Crippen LogP contribution in [0, 0.1) is 5.92 Å². The molecule has 0 spiro atoms. The fraction of sp³-hybridized carbons (Fsp3) is 0.333. The van der Waals surface area contributed by atoms with E-state index in [1.807, 2.05) is 48.5 Å². The standard InChI is InChI=1S/C27H32N4O3/c1-17(2)13-19(28)16-34-21-9-10-22-23-11-12-29-26(25(23)27(32)31(3)24(22)14-21)30-15-18-5-7-20(33-4)8-6-18/h5-12,14,17,19H,13,15-16,28H2,1-4H3,(H,29,30). The summed E-state index contributed by atoms with van der Waals surface area (Å²) in [5, 5.41) is 5.72. The van der Waals surface area contributed by atoms with Crippen molar-refractivity contribution in [3.05, 3.63) is 70.6 Å². The lowest BCUT2D eigenvalue weighted by Gasteiger charge is -2.17. The predicted molar refractivity (Wildman–Crippen MR) is 138 cm³/mol. The molecule has 178 valence electrons. The molecule has 0 fully saturated rings. The number of anilines is 1. The maximum Gasteiger partial charge on any atom is 0.262 e. The summed E-state index contributed by atoms with van der Waals surface area (Å²) in [6.45, 7) is 5.27. The van der Waals surface area contributed by atoms with Crippen LogP contribution in [0.2, 0.25) is 0 Å². The Morgan fingerprint density at radius 2 is 1.79 bits per heavy atom. The zero-order valence-electron chi connectivity index (χ0n) is 20.2. The largest absolute Gasteiger partial charge is 0.497 e. The third-order valence-electron chi connectivity index (χ3n) is 5.95. The first-order valence-corrected chi connectivity index (χ1v) is 11.5. The number of nitrogens with one attached hydrogen (secondary N) is 1. The van der Waals surface area contributed by atoms with Crippen molar-refractivity contribution in [3.8, 4) is 11.5 Å². The fourth-order valence-electron chi connectivity index (χ4n) is 4.23. The maximum atomic E-state index is 13.4. The van der Waals surface area contributed by atoms with Crippen molar-refractivity contribution in [3.63, 3.8) is 0 Å². The van der Waals surface area contributed by atoms with Crippen molar-refractivity contribution in [2.45, 2.75) is 32.9 Å². The quantitative estimate of drug-likeness (QED) is 0.358. The normalized spacial score (nSPS) is 12.3. The number of hydrogen-bond acceptors (Lipinski definition) is 6. The van der Waals surface area contributed by atoms with Gasteiger partial charge in [0, 0.05) is 42.7 Å². The SMILES string of the molecule is COc1ccc(CNc2nccc3c2c(=O)n(C)c2cc(OCC(N)CC(C)C)ccc32)cc1. The van der Waals surface area contributed by atoms with Gasteiger partial charge in [-0.25, -0.2) is 4.98 Å². The lowest BCUT2D eigenvalue weighted by Crippen LogP contribution is -2.29. The second kappa shape index (κ2) is 10.1. The first-order chi connectivity index (χ1) is 16.4. The second-order valence-electron chi connectivity index (χ2n) is 9.03. The molecular weight excluding hydrogens is 428 g/mol. The van der Waals surface area contributed by atoms with Crippen molar-refractivity contribution in [2.24, 2.45) is 18.7 Å². The minimum absolute atomic E-state index is 0.0264. The Kier molecular flexibility index (Phi) is 7.03. The Balaban J connectivity index is 1.65. The molecule has 2 aromatic heterocycles. The van der Waals surface area contributed by atoms with Gasteiger partial charge in [-0.2, -0.15) is 0 Å². The summed E-state index contributed by atoms with van der Waals surface area (Å²) in [6, 6.07) is 15.5. The van der Waals surface area contributed by atoms with Crippen LogP contribution >= 0.6 is 0 Å². The summed E-state index contributed by atoms with van der Waals surface area (Å²) in [4.78, 5) is 17.8. The van der Waals surface area contributed by atoms with Gasteiger partial charge in [-0.3, -0.25) is 4.79 Å². The minimum atomic E-state index is -0.110. The molecule has 0 aliphatic rings. The molecule has 0 saturated carbocycles. The van der Waals surface area contributed by atoms with Crippen molar-refractivity contribution >= 4 is 27.5 Å². The van der Waals surface area contributed by atoms with E-state index in [9.17, 15) is 4.79 Å². The number of ether oxygens (including phenoxy) is 2. The van der Waals surface area contributed by atoms with Crippen molar-refractivity contribution in [1.29, 1.82) is 0 Å². The molecule has 0 aliphatic heterocycles. The van der Waals surface area contributed by atoms with Crippen molar-refractivity contribution in [1.82, 2.24) is 9.55 Å². The molecule has 3 N–H and O–H groups in total. The van der Waals surface area contributed by atoms with Crippen LogP contribution in [0.5, 0.6) is 11.5 Å². The lowest BCUT2D eigenvalue weighted by molar-refractivity contribution is 0.271. The molecule has 0 radical (unpaired) electrons. The molecule has 2 heterocycles. The van der Waals surface area contributed by atoms with Gasteiger partial charge in [0.05, 0.1) is 18.0 Å². The molecule has 0 bridgehead atoms. The number of aromatic nitrogens is 2. The van der Waals surface area contributed by atoms with E-state index >= 15 is 0 Å². The van der Waals surface area contributed by atoms with Crippen LogP contribution in [-0.2, 0) is 13.6 Å². The average Bonchev–Trinajstić information content (AvgIpc) is 2.84. The van der Waals surface area contributed by atoms with Crippen LogP contribution in [-0.4, -0.2) is 29.3 Å². The molecule has 1 unspecified atom stereocenters. The third-order valence-corrected chi connectivity index (χ3v) is 5.95. The van der Waals surface area contributed by atoms with E-state index in [4.69, 9.17) is 15.2 Å². The molecule has 0 saturated heterocycles. The molecule has 0 amide bonds. The lowest BCUT2D eigenvalue weighted by atomic mass is 10.1. The van der Waals surface area contributed by atoms with Crippen molar-refractivity contribution in [2.75, 3.05) is 19.0 Å². The molecule has 2 aromatic carbocycles. The Morgan fingerprint density at radius 3 is 2.50 bits per heavy atom. The highest BCUT2D eigenvalue weighted by atomic mass is 16.5. The van der Waals surface area contributed by atoms with Gasteiger partial charge in [0.2, 0.25) is 0 Å². The van der Waals surface area contributed by atoms with Gasteiger partial charge >= 0.3 is 0 Å². The van der Waals surface area contributed by atoms with E-state index < -0.39 is 0 Å². The topological polar surface area (TPSA) is 91.4 Å². The number of benzene rings is 2. The summed E-state index contributed by atoms with van der Waals surface area (Å²) in [5.41, 5.74) is 7.92. The first-order valence-electron chi connectivity index (χ1n) is 11.5.